The monoisotopic (exact) mass is 477 g/mol. The summed E-state index contributed by atoms with van der Waals surface area (Å²) in [4.78, 5) is 40.9. The molecule has 2 aromatic carbocycles. The fourth-order valence-corrected chi connectivity index (χ4v) is 4.44. The highest BCUT2D eigenvalue weighted by atomic mass is 16.6. The number of nitrogens with zero attached hydrogens (tertiary/aromatic N) is 3. The maximum absolute atomic E-state index is 13.6. The zero-order valence-electron chi connectivity index (χ0n) is 19.9. The quantitative estimate of drug-likeness (QED) is 0.272. The molecular formula is C26H27N3O6. The number of nitro benzene ring substituents is 1. The Morgan fingerprint density at radius 2 is 1.83 bits per heavy atom. The van der Waals surface area contributed by atoms with Gasteiger partial charge < -0.3 is 19.3 Å². The van der Waals surface area contributed by atoms with Gasteiger partial charge in [-0.1, -0.05) is 25.5 Å². The largest absolute Gasteiger partial charge is 0.503 e. The number of rotatable bonds is 9. The van der Waals surface area contributed by atoms with Crippen molar-refractivity contribution in [2.45, 2.75) is 26.8 Å². The van der Waals surface area contributed by atoms with E-state index in [0.717, 1.165) is 24.0 Å². The topological polar surface area (TPSA) is 117 Å². The first-order valence-electron chi connectivity index (χ1n) is 11.5. The Morgan fingerprint density at radius 1 is 1.14 bits per heavy atom. The lowest BCUT2D eigenvalue weighted by molar-refractivity contribution is -0.384. The van der Waals surface area contributed by atoms with Crippen molar-refractivity contribution in [3.63, 3.8) is 0 Å². The average Bonchev–Trinajstić information content (AvgIpc) is 3.38. The molecule has 9 heteroatoms. The zero-order valence-corrected chi connectivity index (χ0v) is 19.9. The number of ketones is 1. The number of carbonyl (C=O) groups excluding carboxylic acids is 2. The Balaban J connectivity index is 1.76. The minimum atomic E-state index is -0.902. The lowest BCUT2D eigenvalue weighted by atomic mass is 9.94. The van der Waals surface area contributed by atoms with Gasteiger partial charge in [0, 0.05) is 30.6 Å². The molecule has 1 unspecified atom stereocenters. The number of Topliss-reactive ketones (excluding diaryl/α,β-unsaturated/α-hetero) is 1. The summed E-state index contributed by atoms with van der Waals surface area (Å²) in [5.41, 5.74) is 1.80. The van der Waals surface area contributed by atoms with E-state index in [9.17, 15) is 24.8 Å². The molecule has 0 aliphatic carbocycles. The fraction of sp³-hybridized carbons (Fsp3) is 0.308. The van der Waals surface area contributed by atoms with Crippen LogP contribution in [0.25, 0.3) is 11.0 Å². The highest BCUT2D eigenvalue weighted by molar-refractivity contribution is 6.16. The molecule has 0 saturated carbocycles. The number of aliphatic hydroxyl groups excluding tert-OH is 1. The average molecular weight is 478 g/mol. The van der Waals surface area contributed by atoms with Gasteiger partial charge in [-0.15, -0.1) is 0 Å². The van der Waals surface area contributed by atoms with Crippen molar-refractivity contribution >= 4 is 28.3 Å². The second kappa shape index (κ2) is 9.71. The summed E-state index contributed by atoms with van der Waals surface area (Å²) in [7, 11) is 0. The van der Waals surface area contributed by atoms with Gasteiger partial charge >= 0.3 is 0 Å². The molecule has 182 valence electrons. The number of nitro groups is 1. The summed E-state index contributed by atoms with van der Waals surface area (Å²) >= 11 is 0. The van der Waals surface area contributed by atoms with Crippen molar-refractivity contribution < 1.29 is 24.0 Å². The number of non-ortho nitro benzene ring substituents is 1. The summed E-state index contributed by atoms with van der Waals surface area (Å²) < 4.78 is 5.76. The van der Waals surface area contributed by atoms with Crippen molar-refractivity contribution in [3.05, 3.63) is 86.9 Å². The number of benzene rings is 2. The highest BCUT2D eigenvalue weighted by Crippen LogP contribution is 2.40. The van der Waals surface area contributed by atoms with Gasteiger partial charge in [0.15, 0.2) is 11.5 Å². The van der Waals surface area contributed by atoms with E-state index in [1.807, 2.05) is 32.9 Å². The minimum absolute atomic E-state index is 0.0115. The van der Waals surface area contributed by atoms with E-state index in [4.69, 9.17) is 4.42 Å². The summed E-state index contributed by atoms with van der Waals surface area (Å²) in [5, 5.41) is 22.7. The van der Waals surface area contributed by atoms with Gasteiger partial charge in [-0.3, -0.25) is 19.7 Å². The van der Waals surface area contributed by atoms with Gasteiger partial charge in [0.2, 0.25) is 5.78 Å². The molecule has 1 amide bonds. The van der Waals surface area contributed by atoms with E-state index in [1.54, 1.807) is 12.1 Å². The number of hydrogen-bond donors (Lipinski definition) is 1. The lowest BCUT2D eigenvalue weighted by Crippen LogP contribution is -2.38. The first-order valence-corrected chi connectivity index (χ1v) is 11.5. The molecule has 35 heavy (non-hydrogen) atoms. The van der Waals surface area contributed by atoms with Crippen LogP contribution >= 0.6 is 0 Å². The van der Waals surface area contributed by atoms with Crippen molar-refractivity contribution in [2.24, 2.45) is 0 Å². The first kappa shape index (κ1) is 24.2. The van der Waals surface area contributed by atoms with Gasteiger partial charge in [-0.25, -0.2) is 0 Å². The second-order valence-corrected chi connectivity index (χ2v) is 8.52. The molecule has 0 radical (unpaired) electrons. The third kappa shape index (κ3) is 4.54. The molecule has 9 nitrogen and oxygen atoms in total. The normalized spacial score (nSPS) is 16.1. The van der Waals surface area contributed by atoms with Gasteiger partial charge in [0.1, 0.15) is 5.58 Å². The number of likely N-dealkylation sites (N-methyl/N-ethyl adjacent to an activating group) is 1. The molecule has 4 rings (SSSR count). The Bertz CT molecular complexity index is 1320. The number of furan rings is 1. The van der Waals surface area contributed by atoms with Gasteiger partial charge in [-0.2, -0.15) is 0 Å². The molecule has 3 aromatic rings. The molecule has 1 N–H and O–H groups in total. The van der Waals surface area contributed by atoms with Crippen LogP contribution in [0.15, 0.2) is 64.3 Å². The molecule has 1 aromatic heterocycles. The van der Waals surface area contributed by atoms with Crippen molar-refractivity contribution in [1.82, 2.24) is 9.80 Å². The summed E-state index contributed by atoms with van der Waals surface area (Å²) in [6.45, 7) is 8.32. The van der Waals surface area contributed by atoms with Gasteiger partial charge in [-0.05, 0) is 55.9 Å². The van der Waals surface area contributed by atoms with Crippen LogP contribution in [0.4, 0.5) is 5.69 Å². The maximum atomic E-state index is 13.6. The molecule has 1 atom stereocenters. The van der Waals surface area contributed by atoms with Crippen LogP contribution in [0.3, 0.4) is 0 Å². The van der Waals surface area contributed by atoms with Crippen LogP contribution in [0.2, 0.25) is 0 Å². The second-order valence-electron chi connectivity index (χ2n) is 8.52. The number of aryl methyl sites for hydroxylation is 1. The Hall–Kier alpha value is -3.98. The number of fused-ring (bicyclic) bond motifs is 1. The maximum Gasteiger partial charge on any atom is 0.290 e. The zero-order chi connectivity index (χ0) is 25.3. The molecule has 2 heterocycles. The standard InChI is InChI=1S/C26H27N3O6/c1-4-27(5-2)12-13-28-23(17-7-9-19(10-8-17)29(33)34)22(25(31)26(28)32)24(30)21-15-18-14-16(3)6-11-20(18)35-21/h6-11,14-15,23,31H,4-5,12-13H2,1-3H3. The van der Waals surface area contributed by atoms with Crippen molar-refractivity contribution in [2.75, 3.05) is 26.2 Å². The predicted octanol–water partition coefficient (Wildman–Crippen LogP) is 4.57. The summed E-state index contributed by atoms with van der Waals surface area (Å²) in [6, 6.07) is 11.9. The van der Waals surface area contributed by atoms with E-state index < -0.39 is 28.4 Å². The summed E-state index contributed by atoms with van der Waals surface area (Å²) in [6.07, 6.45) is 0. The van der Waals surface area contributed by atoms with Crippen LogP contribution < -0.4 is 0 Å². The van der Waals surface area contributed by atoms with Crippen LogP contribution in [0.1, 0.15) is 41.6 Å². The third-order valence-electron chi connectivity index (χ3n) is 6.42. The SMILES string of the molecule is CCN(CC)CCN1C(=O)C(O)=C(C(=O)c2cc3cc(C)ccc3o2)C1c1ccc([N+](=O)[O-])cc1. The summed E-state index contributed by atoms with van der Waals surface area (Å²) in [5.74, 6) is -1.87. The van der Waals surface area contributed by atoms with E-state index in [0.29, 0.717) is 17.7 Å². The van der Waals surface area contributed by atoms with E-state index in [-0.39, 0.29) is 23.6 Å². The lowest BCUT2D eigenvalue weighted by Gasteiger charge is -2.29. The minimum Gasteiger partial charge on any atom is -0.503 e. The Labute approximate surface area is 202 Å². The number of amides is 1. The third-order valence-corrected chi connectivity index (χ3v) is 6.42. The van der Waals surface area contributed by atoms with Gasteiger partial charge in [0.05, 0.1) is 16.5 Å². The molecular weight excluding hydrogens is 450 g/mol. The predicted molar refractivity (Wildman–Crippen MR) is 130 cm³/mol. The molecule has 1 aliphatic rings. The number of hydrogen-bond acceptors (Lipinski definition) is 7. The molecule has 1 aliphatic heterocycles. The Morgan fingerprint density at radius 3 is 2.46 bits per heavy atom. The van der Waals surface area contributed by atoms with E-state index in [2.05, 4.69) is 4.90 Å². The molecule has 0 fully saturated rings. The number of aliphatic hydroxyl groups is 1. The molecule has 0 bridgehead atoms. The first-order chi connectivity index (χ1) is 16.7. The molecule has 0 spiro atoms. The van der Waals surface area contributed by atoms with Crippen molar-refractivity contribution in [3.8, 4) is 0 Å². The Kier molecular flexibility index (Phi) is 6.70. The van der Waals surface area contributed by atoms with Crippen molar-refractivity contribution in [1.29, 1.82) is 0 Å². The molecule has 0 saturated heterocycles. The van der Waals surface area contributed by atoms with E-state index >= 15 is 0 Å². The highest BCUT2D eigenvalue weighted by Gasteiger charge is 2.44. The number of carbonyl (C=O) groups is 2. The van der Waals surface area contributed by atoms with Crippen LogP contribution in [0.5, 0.6) is 0 Å². The fourth-order valence-electron chi connectivity index (χ4n) is 4.44. The van der Waals surface area contributed by atoms with Gasteiger partial charge in [0.25, 0.3) is 11.6 Å². The van der Waals surface area contributed by atoms with E-state index in [1.165, 1.54) is 29.2 Å². The van der Waals surface area contributed by atoms with Crippen LogP contribution in [-0.4, -0.2) is 57.7 Å². The van der Waals surface area contributed by atoms with Crippen LogP contribution in [0, 0.1) is 17.0 Å². The van der Waals surface area contributed by atoms with Crippen LogP contribution in [-0.2, 0) is 4.79 Å². The smallest absolute Gasteiger partial charge is 0.290 e.